The minimum Gasteiger partial charge on any atom is -0.475 e. The van der Waals surface area contributed by atoms with Crippen molar-refractivity contribution < 1.29 is 9.90 Å². The molecule has 7 heteroatoms. The Hall–Kier alpha value is -1.59. The molecule has 1 aromatic heterocycles. The average Bonchev–Trinajstić information content (AvgIpc) is 2.77. The van der Waals surface area contributed by atoms with Crippen molar-refractivity contribution in [2.75, 3.05) is 0 Å². The van der Waals surface area contributed by atoms with Crippen LogP contribution in [0.5, 0.6) is 0 Å². The lowest BCUT2D eigenvalue weighted by Crippen LogP contribution is -2.03. The van der Waals surface area contributed by atoms with Gasteiger partial charge in [-0.1, -0.05) is 30.1 Å². The monoisotopic (exact) mass is 299 g/mol. The summed E-state index contributed by atoms with van der Waals surface area (Å²) in [6.45, 7) is 1.98. The predicted octanol–water partition coefficient (Wildman–Crippen LogP) is 3.22. The van der Waals surface area contributed by atoms with Crippen LogP contribution in [-0.2, 0) is 6.42 Å². The van der Waals surface area contributed by atoms with Crippen molar-refractivity contribution >= 4 is 29.2 Å². The lowest BCUT2D eigenvalue weighted by atomic mass is 10.3. The molecule has 0 fully saturated rings. The molecule has 2 rings (SSSR count). The highest BCUT2D eigenvalue weighted by Crippen LogP contribution is 2.24. The van der Waals surface area contributed by atoms with E-state index in [2.05, 4.69) is 10.1 Å². The van der Waals surface area contributed by atoms with Crippen LogP contribution in [-0.4, -0.2) is 25.8 Å². The van der Waals surface area contributed by atoms with Crippen molar-refractivity contribution in [3.63, 3.8) is 0 Å². The van der Waals surface area contributed by atoms with Gasteiger partial charge in [-0.25, -0.2) is 14.5 Å². The van der Waals surface area contributed by atoms with Gasteiger partial charge in [0.05, 0.1) is 15.7 Å². The second-order valence-corrected chi connectivity index (χ2v) is 4.73. The smallest absolute Gasteiger partial charge is 0.375 e. The molecular weight excluding hydrogens is 289 g/mol. The molecule has 0 amide bonds. The summed E-state index contributed by atoms with van der Waals surface area (Å²) in [6, 6.07) is 4.98. The zero-order valence-corrected chi connectivity index (χ0v) is 11.6. The van der Waals surface area contributed by atoms with Gasteiger partial charge in [0.15, 0.2) is 0 Å². The number of aryl methyl sites for hydroxylation is 1. The maximum absolute atomic E-state index is 10.9. The molecule has 1 heterocycles. The van der Waals surface area contributed by atoms with E-state index in [1.165, 1.54) is 4.68 Å². The number of rotatable bonds is 4. The number of benzene rings is 1. The van der Waals surface area contributed by atoms with Gasteiger partial charge in [0.2, 0.25) is 0 Å². The minimum atomic E-state index is -1.16. The van der Waals surface area contributed by atoms with Crippen LogP contribution in [0.25, 0.3) is 5.69 Å². The number of hydrogen-bond acceptors (Lipinski definition) is 3. The van der Waals surface area contributed by atoms with E-state index >= 15 is 0 Å². The quantitative estimate of drug-likeness (QED) is 0.941. The van der Waals surface area contributed by atoms with Crippen LogP contribution in [0.15, 0.2) is 18.2 Å². The van der Waals surface area contributed by atoms with E-state index in [0.717, 1.165) is 6.42 Å². The van der Waals surface area contributed by atoms with Crippen LogP contribution >= 0.6 is 23.2 Å². The molecule has 1 N–H and O–H groups in total. The zero-order valence-electron chi connectivity index (χ0n) is 10.1. The lowest BCUT2D eigenvalue weighted by molar-refractivity contribution is 0.0683. The second kappa shape index (κ2) is 5.59. The number of aromatic carboxylic acids is 1. The highest BCUT2D eigenvalue weighted by atomic mass is 35.5. The summed E-state index contributed by atoms with van der Waals surface area (Å²) in [7, 11) is 0. The van der Waals surface area contributed by atoms with E-state index < -0.39 is 5.97 Å². The van der Waals surface area contributed by atoms with Crippen LogP contribution in [0.1, 0.15) is 29.8 Å². The number of hydrogen-bond donors (Lipinski definition) is 1. The Morgan fingerprint density at radius 3 is 2.68 bits per heavy atom. The average molecular weight is 300 g/mol. The van der Waals surface area contributed by atoms with Crippen molar-refractivity contribution in [1.82, 2.24) is 14.8 Å². The standard InChI is InChI=1S/C12H11Cl2N3O2/c1-2-3-10-15-11(12(18)19)16-17(10)7-4-5-8(13)9(14)6-7/h4-6H,2-3H2,1H3,(H,18,19). The zero-order chi connectivity index (χ0) is 14.0. The van der Waals surface area contributed by atoms with Gasteiger partial charge < -0.3 is 5.11 Å². The summed E-state index contributed by atoms with van der Waals surface area (Å²) in [5, 5.41) is 13.7. The Labute approximate surface area is 119 Å². The molecule has 0 aliphatic heterocycles. The molecular formula is C12H11Cl2N3O2. The largest absolute Gasteiger partial charge is 0.475 e. The summed E-state index contributed by atoms with van der Waals surface area (Å²) in [4.78, 5) is 14.9. The minimum absolute atomic E-state index is 0.227. The molecule has 0 saturated carbocycles. The van der Waals surface area contributed by atoms with Gasteiger partial charge in [-0.2, -0.15) is 0 Å². The van der Waals surface area contributed by atoms with E-state index in [9.17, 15) is 4.79 Å². The van der Waals surface area contributed by atoms with E-state index in [1.807, 2.05) is 6.92 Å². The van der Waals surface area contributed by atoms with Crippen LogP contribution in [0.2, 0.25) is 10.0 Å². The lowest BCUT2D eigenvalue weighted by Gasteiger charge is -2.06. The highest BCUT2D eigenvalue weighted by molar-refractivity contribution is 6.42. The van der Waals surface area contributed by atoms with E-state index in [4.69, 9.17) is 28.3 Å². The van der Waals surface area contributed by atoms with Crippen molar-refractivity contribution in [1.29, 1.82) is 0 Å². The Bertz CT molecular complexity index is 625. The first-order chi connectivity index (χ1) is 9.02. The molecule has 0 atom stereocenters. The number of halogens is 2. The van der Waals surface area contributed by atoms with E-state index in [-0.39, 0.29) is 5.82 Å². The molecule has 1 aromatic carbocycles. The summed E-state index contributed by atoms with van der Waals surface area (Å²) < 4.78 is 1.48. The molecule has 0 unspecified atom stereocenters. The third kappa shape index (κ3) is 2.88. The Morgan fingerprint density at radius 1 is 1.37 bits per heavy atom. The molecule has 2 aromatic rings. The van der Waals surface area contributed by atoms with Gasteiger partial charge in [0.1, 0.15) is 5.82 Å². The van der Waals surface area contributed by atoms with Crippen molar-refractivity contribution in [3.05, 3.63) is 39.9 Å². The predicted molar refractivity (Wildman–Crippen MR) is 72.3 cm³/mol. The van der Waals surface area contributed by atoms with Crippen LogP contribution in [0.4, 0.5) is 0 Å². The molecule has 100 valence electrons. The number of nitrogens with zero attached hydrogens (tertiary/aromatic N) is 3. The van der Waals surface area contributed by atoms with Gasteiger partial charge in [-0.15, -0.1) is 5.10 Å². The first kappa shape index (κ1) is 13.8. The first-order valence-corrected chi connectivity index (χ1v) is 6.43. The van der Waals surface area contributed by atoms with Crippen LogP contribution < -0.4 is 0 Å². The molecule has 0 saturated heterocycles. The van der Waals surface area contributed by atoms with Gasteiger partial charge in [-0.05, 0) is 24.6 Å². The molecule has 19 heavy (non-hydrogen) atoms. The highest BCUT2D eigenvalue weighted by Gasteiger charge is 2.16. The normalized spacial score (nSPS) is 10.7. The van der Waals surface area contributed by atoms with Gasteiger partial charge in [-0.3, -0.25) is 0 Å². The van der Waals surface area contributed by atoms with E-state index in [0.29, 0.717) is 28.0 Å². The van der Waals surface area contributed by atoms with Gasteiger partial charge in [0.25, 0.3) is 5.82 Å². The van der Waals surface area contributed by atoms with Crippen LogP contribution in [0, 0.1) is 0 Å². The SMILES string of the molecule is CCCc1nc(C(=O)O)nn1-c1ccc(Cl)c(Cl)c1. The summed E-state index contributed by atoms with van der Waals surface area (Å²) >= 11 is 11.8. The van der Waals surface area contributed by atoms with E-state index in [1.54, 1.807) is 18.2 Å². The van der Waals surface area contributed by atoms with Crippen molar-refractivity contribution in [2.24, 2.45) is 0 Å². The maximum Gasteiger partial charge on any atom is 0.375 e. The molecule has 5 nitrogen and oxygen atoms in total. The maximum atomic E-state index is 10.9. The molecule has 0 bridgehead atoms. The molecule has 0 aliphatic carbocycles. The topological polar surface area (TPSA) is 68.0 Å². The fourth-order valence-electron chi connectivity index (χ4n) is 1.64. The second-order valence-electron chi connectivity index (χ2n) is 3.92. The third-order valence-corrected chi connectivity index (χ3v) is 3.23. The number of carboxylic acids is 1. The molecule has 0 spiro atoms. The third-order valence-electron chi connectivity index (χ3n) is 2.49. The number of carboxylic acid groups (broad SMARTS) is 1. The molecule has 0 aliphatic rings. The Balaban J connectivity index is 2.52. The number of aromatic nitrogens is 3. The van der Waals surface area contributed by atoms with Crippen LogP contribution in [0.3, 0.4) is 0 Å². The fraction of sp³-hybridized carbons (Fsp3) is 0.250. The van der Waals surface area contributed by atoms with Crippen molar-refractivity contribution in [2.45, 2.75) is 19.8 Å². The van der Waals surface area contributed by atoms with Gasteiger partial charge in [0, 0.05) is 6.42 Å². The van der Waals surface area contributed by atoms with Crippen molar-refractivity contribution in [3.8, 4) is 5.69 Å². The fourth-order valence-corrected chi connectivity index (χ4v) is 1.94. The summed E-state index contributed by atoms with van der Waals surface area (Å²) in [5.41, 5.74) is 0.637. The van der Waals surface area contributed by atoms with Gasteiger partial charge >= 0.3 is 5.97 Å². The molecule has 0 radical (unpaired) electrons. The summed E-state index contributed by atoms with van der Waals surface area (Å²) in [5.74, 6) is -0.802. The Kier molecular flexibility index (Phi) is 4.07. The first-order valence-electron chi connectivity index (χ1n) is 5.67. The number of carbonyl (C=O) groups is 1. The summed E-state index contributed by atoms with van der Waals surface area (Å²) in [6.07, 6.45) is 1.46. The Morgan fingerprint density at radius 2 is 2.11 bits per heavy atom.